The first-order valence-corrected chi connectivity index (χ1v) is 7.87. The number of aromatic amines is 1. The van der Waals surface area contributed by atoms with Gasteiger partial charge in [-0.25, -0.2) is 0 Å². The molecular weight excluding hydrogens is 320 g/mol. The molecule has 0 spiro atoms. The second-order valence-corrected chi connectivity index (χ2v) is 6.25. The Balaban J connectivity index is 2.27. The fourth-order valence-electron chi connectivity index (χ4n) is 2.58. The van der Waals surface area contributed by atoms with E-state index in [-0.39, 0.29) is 10.3 Å². The van der Waals surface area contributed by atoms with E-state index in [4.69, 9.17) is 22.1 Å². The van der Waals surface area contributed by atoms with Crippen LogP contribution in [0.5, 0.6) is 0 Å². The number of allylic oxidation sites excluding steroid dienone is 1. The van der Waals surface area contributed by atoms with Crippen molar-refractivity contribution in [3.8, 4) is 0 Å². The van der Waals surface area contributed by atoms with Crippen LogP contribution in [-0.4, -0.2) is 49.8 Å². The molecule has 8 heteroatoms. The summed E-state index contributed by atoms with van der Waals surface area (Å²) in [6, 6.07) is 0. The number of hydrogen-bond donors (Lipinski definition) is 4. The standard InChI is InChI=1S/C15H22N2O5S/c1-8(2)4-3-5-9-6-17(15(23)16-13(9)21)14-12(20)11(19)10(7-18)22-14/h6,10-12,14,18-20H,1,3-5,7H2,2H3,(H,16,21,23)/t10-,11-,12-,14-/m1/s1. The molecule has 1 saturated heterocycles. The number of H-pyrrole nitrogens is 1. The van der Waals surface area contributed by atoms with Gasteiger partial charge in [-0.2, -0.15) is 0 Å². The maximum Gasteiger partial charge on any atom is 0.254 e. The molecule has 1 aliphatic heterocycles. The lowest BCUT2D eigenvalue weighted by molar-refractivity contribution is -0.0542. The van der Waals surface area contributed by atoms with Crippen LogP contribution >= 0.6 is 12.2 Å². The van der Waals surface area contributed by atoms with Gasteiger partial charge in [0.15, 0.2) is 11.0 Å². The average molecular weight is 342 g/mol. The van der Waals surface area contributed by atoms with Gasteiger partial charge in [0.2, 0.25) is 0 Å². The Morgan fingerprint density at radius 1 is 1.48 bits per heavy atom. The third-order valence-electron chi connectivity index (χ3n) is 3.88. The molecule has 2 rings (SSSR count). The molecule has 1 aromatic heterocycles. The molecule has 0 bridgehead atoms. The largest absolute Gasteiger partial charge is 0.394 e. The summed E-state index contributed by atoms with van der Waals surface area (Å²) >= 11 is 5.11. The van der Waals surface area contributed by atoms with E-state index in [0.29, 0.717) is 12.0 Å². The van der Waals surface area contributed by atoms with Crippen molar-refractivity contribution in [3.05, 3.63) is 39.0 Å². The molecular formula is C15H22N2O5S. The van der Waals surface area contributed by atoms with Crippen molar-refractivity contribution in [3.63, 3.8) is 0 Å². The van der Waals surface area contributed by atoms with Crippen molar-refractivity contribution in [1.29, 1.82) is 0 Å². The van der Waals surface area contributed by atoms with E-state index in [2.05, 4.69) is 11.6 Å². The van der Waals surface area contributed by atoms with Crippen molar-refractivity contribution in [2.24, 2.45) is 0 Å². The minimum Gasteiger partial charge on any atom is -0.394 e. The summed E-state index contributed by atoms with van der Waals surface area (Å²) in [5, 5.41) is 29.1. The highest BCUT2D eigenvalue weighted by Gasteiger charge is 2.43. The summed E-state index contributed by atoms with van der Waals surface area (Å²) < 4.78 is 6.95. The number of rotatable bonds is 6. The van der Waals surface area contributed by atoms with E-state index in [1.807, 2.05) is 6.92 Å². The highest BCUT2D eigenvalue weighted by Crippen LogP contribution is 2.29. The van der Waals surface area contributed by atoms with Gasteiger partial charge in [-0.15, -0.1) is 6.58 Å². The third kappa shape index (κ3) is 3.96. The highest BCUT2D eigenvalue weighted by molar-refractivity contribution is 7.71. The smallest absolute Gasteiger partial charge is 0.254 e. The van der Waals surface area contributed by atoms with Crippen molar-refractivity contribution in [2.75, 3.05) is 6.61 Å². The second-order valence-electron chi connectivity index (χ2n) is 5.86. The van der Waals surface area contributed by atoms with Crippen LogP contribution in [0.3, 0.4) is 0 Å². The van der Waals surface area contributed by atoms with Crippen LogP contribution < -0.4 is 5.56 Å². The normalized spacial score (nSPS) is 27.3. The predicted octanol–water partition coefficient (Wildman–Crippen LogP) is 0.416. The SMILES string of the molecule is C=C(C)CCCc1cn([C@@H]2O[C@H](CO)[C@@H](O)[C@H]2O)c(=S)[nH]c1=O. The fourth-order valence-corrected chi connectivity index (χ4v) is 2.83. The zero-order valence-corrected chi connectivity index (χ0v) is 13.8. The van der Waals surface area contributed by atoms with Gasteiger partial charge in [-0.3, -0.25) is 14.3 Å². The molecule has 7 nitrogen and oxygen atoms in total. The summed E-state index contributed by atoms with van der Waals surface area (Å²) in [5.74, 6) is 0. The van der Waals surface area contributed by atoms with Crippen molar-refractivity contribution in [2.45, 2.75) is 50.7 Å². The van der Waals surface area contributed by atoms with E-state index in [1.54, 1.807) is 6.20 Å². The molecule has 0 saturated carbocycles. The maximum atomic E-state index is 12.0. The van der Waals surface area contributed by atoms with E-state index in [9.17, 15) is 15.0 Å². The number of aryl methyl sites for hydroxylation is 1. The van der Waals surface area contributed by atoms with Gasteiger partial charge in [0.1, 0.15) is 18.3 Å². The van der Waals surface area contributed by atoms with Crippen LogP contribution in [-0.2, 0) is 11.2 Å². The lowest BCUT2D eigenvalue weighted by atomic mass is 10.1. The van der Waals surface area contributed by atoms with E-state index in [1.165, 1.54) is 4.57 Å². The molecule has 1 aromatic rings. The topological polar surface area (TPSA) is 108 Å². The van der Waals surface area contributed by atoms with E-state index >= 15 is 0 Å². The molecule has 1 fully saturated rings. The van der Waals surface area contributed by atoms with E-state index < -0.39 is 31.1 Å². The summed E-state index contributed by atoms with van der Waals surface area (Å²) in [5.41, 5.74) is 1.27. The summed E-state index contributed by atoms with van der Waals surface area (Å²) in [4.78, 5) is 14.6. The first-order valence-electron chi connectivity index (χ1n) is 7.46. The van der Waals surface area contributed by atoms with Gasteiger partial charge in [0.25, 0.3) is 5.56 Å². The molecule has 128 valence electrons. The maximum absolute atomic E-state index is 12.0. The molecule has 0 radical (unpaired) electrons. The number of hydrogen-bond acceptors (Lipinski definition) is 6. The molecule has 4 atom stereocenters. The average Bonchev–Trinajstić information content (AvgIpc) is 2.77. The summed E-state index contributed by atoms with van der Waals surface area (Å²) in [7, 11) is 0. The highest BCUT2D eigenvalue weighted by atomic mass is 32.1. The number of nitrogens with one attached hydrogen (secondary N) is 1. The molecule has 0 amide bonds. The molecule has 1 aliphatic rings. The molecule has 0 aromatic carbocycles. The van der Waals surface area contributed by atoms with Gasteiger partial charge in [0.05, 0.1) is 6.61 Å². The number of ether oxygens (including phenoxy) is 1. The Labute approximate surface area is 138 Å². The number of aromatic nitrogens is 2. The summed E-state index contributed by atoms with van der Waals surface area (Å²) in [6.07, 6.45) is -0.651. The molecule has 2 heterocycles. The fraction of sp³-hybridized carbons (Fsp3) is 0.600. The number of nitrogens with zero attached hydrogens (tertiary/aromatic N) is 1. The first kappa shape index (κ1) is 18.0. The van der Waals surface area contributed by atoms with Gasteiger partial charge in [-0.05, 0) is 38.4 Å². The van der Waals surface area contributed by atoms with Crippen molar-refractivity contribution < 1.29 is 20.1 Å². The minimum atomic E-state index is -1.24. The predicted molar refractivity (Wildman–Crippen MR) is 86.6 cm³/mol. The van der Waals surface area contributed by atoms with Crippen LogP contribution in [0.4, 0.5) is 0 Å². The van der Waals surface area contributed by atoms with Crippen molar-refractivity contribution in [1.82, 2.24) is 9.55 Å². The lowest BCUT2D eigenvalue weighted by Crippen LogP contribution is -2.33. The Morgan fingerprint density at radius 3 is 2.74 bits per heavy atom. The van der Waals surface area contributed by atoms with Crippen LogP contribution in [0.25, 0.3) is 0 Å². The second kappa shape index (κ2) is 7.50. The minimum absolute atomic E-state index is 0.0912. The molecule has 0 unspecified atom stereocenters. The molecule has 23 heavy (non-hydrogen) atoms. The Hall–Kier alpha value is -1.32. The lowest BCUT2D eigenvalue weighted by Gasteiger charge is -2.19. The summed E-state index contributed by atoms with van der Waals surface area (Å²) in [6.45, 7) is 5.33. The van der Waals surface area contributed by atoms with Crippen LogP contribution in [0.2, 0.25) is 0 Å². The van der Waals surface area contributed by atoms with Gasteiger partial charge < -0.3 is 20.1 Å². The van der Waals surface area contributed by atoms with Crippen LogP contribution in [0.1, 0.15) is 31.6 Å². The first-order chi connectivity index (χ1) is 10.8. The van der Waals surface area contributed by atoms with Crippen LogP contribution in [0, 0.1) is 4.77 Å². The molecule has 4 N–H and O–H groups in total. The third-order valence-corrected chi connectivity index (χ3v) is 4.20. The number of aliphatic hydroxyl groups is 3. The van der Waals surface area contributed by atoms with Gasteiger partial charge in [-0.1, -0.05) is 5.57 Å². The zero-order valence-electron chi connectivity index (χ0n) is 12.9. The van der Waals surface area contributed by atoms with Crippen LogP contribution in [0.15, 0.2) is 23.1 Å². The number of aliphatic hydroxyl groups excluding tert-OH is 3. The van der Waals surface area contributed by atoms with Gasteiger partial charge in [0, 0.05) is 11.8 Å². The quantitative estimate of drug-likeness (QED) is 0.441. The Morgan fingerprint density at radius 2 is 2.17 bits per heavy atom. The Kier molecular flexibility index (Phi) is 5.88. The Bertz CT molecular complexity index is 683. The zero-order chi connectivity index (χ0) is 17.1. The van der Waals surface area contributed by atoms with Gasteiger partial charge >= 0.3 is 0 Å². The monoisotopic (exact) mass is 342 g/mol. The molecule has 0 aliphatic carbocycles. The van der Waals surface area contributed by atoms with E-state index in [0.717, 1.165) is 18.4 Å². The van der Waals surface area contributed by atoms with Crippen molar-refractivity contribution >= 4 is 12.2 Å².